The molecule has 1 heterocycles. The van der Waals surface area contributed by atoms with Gasteiger partial charge in [-0.1, -0.05) is 35.3 Å². The van der Waals surface area contributed by atoms with Crippen molar-refractivity contribution in [2.45, 2.75) is 0 Å². The summed E-state index contributed by atoms with van der Waals surface area (Å²) in [4.78, 5) is 15.5. The van der Waals surface area contributed by atoms with Crippen LogP contribution in [0.25, 0.3) is 0 Å². The SMILES string of the molecule is O=C(COc1ccccc1Cl)Nc1cccnc1Cl. The number of benzene rings is 1. The molecule has 0 saturated heterocycles. The van der Waals surface area contributed by atoms with Crippen LogP contribution in [0, 0.1) is 0 Å². The molecule has 0 unspecified atom stereocenters. The van der Waals surface area contributed by atoms with Crippen molar-refractivity contribution >= 4 is 34.8 Å². The Morgan fingerprint density at radius 2 is 2.00 bits per heavy atom. The van der Waals surface area contributed by atoms with Gasteiger partial charge in [-0.15, -0.1) is 0 Å². The van der Waals surface area contributed by atoms with Crippen LogP contribution in [0.5, 0.6) is 5.75 Å². The molecule has 98 valence electrons. The van der Waals surface area contributed by atoms with Gasteiger partial charge in [0.15, 0.2) is 11.8 Å². The summed E-state index contributed by atoms with van der Waals surface area (Å²) in [6.45, 7) is -0.158. The van der Waals surface area contributed by atoms with Gasteiger partial charge in [-0.25, -0.2) is 4.98 Å². The Kier molecular flexibility index (Phi) is 4.60. The molecule has 1 N–H and O–H groups in total. The summed E-state index contributed by atoms with van der Waals surface area (Å²) in [7, 11) is 0. The fourth-order valence-corrected chi connectivity index (χ4v) is 1.73. The lowest BCUT2D eigenvalue weighted by Crippen LogP contribution is -2.20. The number of ether oxygens (including phenoxy) is 1. The molecule has 6 heteroatoms. The van der Waals surface area contributed by atoms with Crippen molar-refractivity contribution in [3.05, 3.63) is 52.8 Å². The molecule has 0 spiro atoms. The highest BCUT2D eigenvalue weighted by Gasteiger charge is 2.08. The number of carbonyl (C=O) groups excluding carboxylic acids is 1. The number of halogens is 2. The highest BCUT2D eigenvalue weighted by atomic mass is 35.5. The van der Waals surface area contributed by atoms with Gasteiger partial charge in [0.05, 0.1) is 10.7 Å². The summed E-state index contributed by atoms with van der Waals surface area (Å²) in [5.74, 6) is 0.117. The number of nitrogens with one attached hydrogen (secondary N) is 1. The molecule has 0 aliphatic heterocycles. The van der Waals surface area contributed by atoms with E-state index in [4.69, 9.17) is 27.9 Å². The molecule has 0 saturated carbocycles. The monoisotopic (exact) mass is 296 g/mol. The molecule has 2 aromatic rings. The average molecular weight is 297 g/mol. The number of anilines is 1. The van der Waals surface area contributed by atoms with Gasteiger partial charge in [-0.3, -0.25) is 4.79 Å². The number of amides is 1. The summed E-state index contributed by atoms with van der Waals surface area (Å²) < 4.78 is 5.30. The summed E-state index contributed by atoms with van der Waals surface area (Å²) >= 11 is 11.7. The second-order valence-corrected chi connectivity index (χ2v) is 4.37. The average Bonchev–Trinajstić information content (AvgIpc) is 2.40. The first-order chi connectivity index (χ1) is 9.16. The number of carbonyl (C=O) groups is 1. The van der Waals surface area contributed by atoms with E-state index in [1.165, 1.54) is 6.20 Å². The fraction of sp³-hybridized carbons (Fsp3) is 0.0769. The van der Waals surface area contributed by atoms with Crippen molar-refractivity contribution in [2.75, 3.05) is 11.9 Å². The van der Waals surface area contributed by atoms with E-state index in [1.54, 1.807) is 36.4 Å². The van der Waals surface area contributed by atoms with E-state index in [1.807, 2.05) is 0 Å². The van der Waals surface area contributed by atoms with Crippen LogP contribution in [0.3, 0.4) is 0 Å². The van der Waals surface area contributed by atoms with Crippen LogP contribution < -0.4 is 10.1 Å². The van der Waals surface area contributed by atoms with Crippen molar-refractivity contribution < 1.29 is 9.53 Å². The third kappa shape index (κ3) is 3.84. The number of hydrogen-bond acceptors (Lipinski definition) is 3. The Bertz CT molecular complexity index is 590. The molecule has 0 bridgehead atoms. The molecule has 1 aromatic carbocycles. The summed E-state index contributed by atoms with van der Waals surface area (Å²) in [5, 5.41) is 3.28. The normalized spacial score (nSPS) is 10.0. The Labute approximate surface area is 120 Å². The molecule has 0 aliphatic carbocycles. The fourth-order valence-electron chi connectivity index (χ4n) is 1.37. The van der Waals surface area contributed by atoms with E-state index >= 15 is 0 Å². The van der Waals surface area contributed by atoms with Gasteiger partial charge in [-0.2, -0.15) is 0 Å². The third-order valence-electron chi connectivity index (χ3n) is 2.23. The minimum atomic E-state index is -0.338. The predicted molar refractivity (Wildman–Crippen MR) is 74.8 cm³/mol. The van der Waals surface area contributed by atoms with Crippen molar-refractivity contribution in [1.29, 1.82) is 0 Å². The number of rotatable bonds is 4. The summed E-state index contributed by atoms with van der Waals surface area (Å²) in [6.07, 6.45) is 1.54. The minimum Gasteiger partial charge on any atom is -0.482 e. The number of para-hydroxylation sites is 1. The molecular formula is C13H10Cl2N2O2. The molecule has 4 nitrogen and oxygen atoms in total. The van der Waals surface area contributed by atoms with Gasteiger partial charge < -0.3 is 10.1 Å². The number of aromatic nitrogens is 1. The minimum absolute atomic E-state index is 0.158. The van der Waals surface area contributed by atoms with Crippen LogP contribution in [0.1, 0.15) is 0 Å². The van der Waals surface area contributed by atoms with E-state index in [0.29, 0.717) is 16.5 Å². The van der Waals surface area contributed by atoms with Crippen molar-refractivity contribution in [3.63, 3.8) is 0 Å². The third-order valence-corrected chi connectivity index (χ3v) is 2.84. The molecule has 1 amide bonds. The van der Waals surface area contributed by atoms with Gasteiger partial charge in [0.2, 0.25) is 0 Å². The lowest BCUT2D eigenvalue weighted by Gasteiger charge is -2.09. The molecule has 0 atom stereocenters. The zero-order chi connectivity index (χ0) is 13.7. The smallest absolute Gasteiger partial charge is 0.262 e. The van der Waals surface area contributed by atoms with Gasteiger partial charge >= 0.3 is 0 Å². The van der Waals surface area contributed by atoms with E-state index in [-0.39, 0.29) is 17.7 Å². The standard InChI is InChI=1S/C13H10Cl2N2O2/c14-9-4-1-2-6-11(9)19-8-12(18)17-10-5-3-7-16-13(10)15/h1-7H,8H2,(H,17,18). The van der Waals surface area contributed by atoms with E-state index in [0.717, 1.165) is 0 Å². The van der Waals surface area contributed by atoms with E-state index < -0.39 is 0 Å². The summed E-state index contributed by atoms with van der Waals surface area (Å²) in [5.41, 5.74) is 0.442. The molecule has 2 rings (SSSR count). The van der Waals surface area contributed by atoms with Crippen LogP contribution in [0.2, 0.25) is 10.2 Å². The molecule has 0 aliphatic rings. The van der Waals surface area contributed by atoms with Gasteiger partial charge in [0, 0.05) is 6.20 Å². The van der Waals surface area contributed by atoms with Crippen LogP contribution >= 0.6 is 23.2 Å². The van der Waals surface area contributed by atoms with Crippen molar-refractivity contribution in [1.82, 2.24) is 4.98 Å². The van der Waals surface area contributed by atoms with E-state index in [9.17, 15) is 4.79 Å². The largest absolute Gasteiger partial charge is 0.482 e. The Balaban J connectivity index is 1.92. The summed E-state index contributed by atoms with van der Waals surface area (Å²) in [6, 6.07) is 10.3. The van der Waals surface area contributed by atoms with Crippen molar-refractivity contribution in [2.24, 2.45) is 0 Å². The maximum Gasteiger partial charge on any atom is 0.262 e. The highest BCUT2D eigenvalue weighted by Crippen LogP contribution is 2.23. The van der Waals surface area contributed by atoms with Crippen LogP contribution in [-0.4, -0.2) is 17.5 Å². The topological polar surface area (TPSA) is 51.2 Å². The number of hydrogen-bond donors (Lipinski definition) is 1. The number of pyridine rings is 1. The number of nitrogens with zero attached hydrogens (tertiary/aromatic N) is 1. The quantitative estimate of drug-likeness (QED) is 0.880. The maximum absolute atomic E-state index is 11.7. The predicted octanol–water partition coefficient (Wildman–Crippen LogP) is 3.41. The molecule has 19 heavy (non-hydrogen) atoms. The molecule has 1 aromatic heterocycles. The maximum atomic E-state index is 11.7. The van der Waals surface area contributed by atoms with Gasteiger partial charge in [0.25, 0.3) is 5.91 Å². The zero-order valence-corrected chi connectivity index (χ0v) is 11.3. The van der Waals surface area contributed by atoms with E-state index in [2.05, 4.69) is 10.3 Å². The molecular weight excluding hydrogens is 287 g/mol. The first-order valence-electron chi connectivity index (χ1n) is 5.44. The van der Waals surface area contributed by atoms with Crippen molar-refractivity contribution in [3.8, 4) is 5.75 Å². The van der Waals surface area contributed by atoms with Crippen LogP contribution in [0.4, 0.5) is 5.69 Å². The lowest BCUT2D eigenvalue weighted by atomic mass is 10.3. The molecule has 0 radical (unpaired) electrons. The van der Waals surface area contributed by atoms with Gasteiger partial charge in [0.1, 0.15) is 5.75 Å². The van der Waals surface area contributed by atoms with Crippen LogP contribution in [-0.2, 0) is 4.79 Å². The lowest BCUT2D eigenvalue weighted by molar-refractivity contribution is -0.118. The Morgan fingerprint density at radius 3 is 2.74 bits per heavy atom. The van der Waals surface area contributed by atoms with Gasteiger partial charge in [-0.05, 0) is 24.3 Å². The molecule has 0 fully saturated rings. The second kappa shape index (κ2) is 6.41. The Morgan fingerprint density at radius 1 is 1.21 bits per heavy atom. The Hall–Kier alpha value is -1.78. The highest BCUT2D eigenvalue weighted by molar-refractivity contribution is 6.32. The first kappa shape index (κ1) is 13.6. The second-order valence-electron chi connectivity index (χ2n) is 3.61. The first-order valence-corrected chi connectivity index (χ1v) is 6.20. The van der Waals surface area contributed by atoms with Crippen LogP contribution in [0.15, 0.2) is 42.6 Å². The zero-order valence-electron chi connectivity index (χ0n) is 9.77.